The molecule has 0 amide bonds. The number of thioether (sulfide) groups is 1. The van der Waals surface area contributed by atoms with E-state index in [2.05, 4.69) is 22.1 Å². The van der Waals surface area contributed by atoms with Crippen molar-refractivity contribution in [1.29, 1.82) is 10.5 Å². The number of nitriles is 2. The van der Waals surface area contributed by atoms with E-state index >= 15 is 0 Å². The Balaban J connectivity index is 1.74. The van der Waals surface area contributed by atoms with Gasteiger partial charge >= 0.3 is 0 Å². The minimum atomic E-state index is -0.866. The van der Waals surface area contributed by atoms with Gasteiger partial charge in [-0.1, -0.05) is 30.8 Å². The van der Waals surface area contributed by atoms with E-state index in [4.69, 9.17) is 0 Å². The number of hydrogen-bond donors (Lipinski definition) is 0. The number of aryl methyl sites for hydroxylation is 2. The second-order valence-corrected chi connectivity index (χ2v) is 8.64. The largest absolute Gasteiger partial charge is 0.297 e. The first-order chi connectivity index (χ1) is 14.6. The summed E-state index contributed by atoms with van der Waals surface area (Å²) >= 11 is 2.70. The van der Waals surface area contributed by atoms with Crippen molar-refractivity contribution >= 4 is 45.6 Å². The van der Waals surface area contributed by atoms with Gasteiger partial charge in [-0.25, -0.2) is 9.97 Å². The highest BCUT2D eigenvalue weighted by atomic mass is 32.2. The normalized spacial score (nSPS) is 12.0. The average Bonchev–Trinajstić information content (AvgIpc) is 3.35. The number of benzene rings is 1. The summed E-state index contributed by atoms with van der Waals surface area (Å²) in [6, 6.07) is 14.0. The van der Waals surface area contributed by atoms with Gasteiger partial charge in [0.1, 0.15) is 11.1 Å². The molecule has 6 nitrogen and oxygen atoms in total. The Kier molecular flexibility index (Phi) is 5.54. The minimum absolute atomic E-state index is 0.132. The van der Waals surface area contributed by atoms with Crippen molar-refractivity contribution < 1.29 is 4.79 Å². The van der Waals surface area contributed by atoms with E-state index in [1.165, 1.54) is 23.1 Å². The zero-order chi connectivity index (χ0) is 21.3. The average molecular weight is 432 g/mol. The first kappa shape index (κ1) is 20.1. The molecule has 148 valence electrons. The molecule has 0 aliphatic heterocycles. The number of carbonyl (C=O) groups is 1. The van der Waals surface area contributed by atoms with Crippen LogP contribution in [-0.2, 0) is 11.2 Å². The van der Waals surface area contributed by atoms with Gasteiger partial charge in [0.25, 0.3) is 0 Å². The van der Waals surface area contributed by atoms with E-state index in [9.17, 15) is 15.3 Å². The van der Waals surface area contributed by atoms with E-state index in [0.717, 1.165) is 27.3 Å². The highest BCUT2D eigenvalue weighted by Gasteiger charge is 2.24. The van der Waals surface area contributed by atoms with E-state index in [-0.39, 0.29) is 11.5 Å². The van der Waals surface area contributed by atoms with Gasteiger partial charge < -0.3 is 0 Å². The van der Waals surface area contributed by atoms with Gasteiger partial charge in [-0.3, -0.25) is 9.20 Å². The van der Waals surface area contributed by atoms with Crippen LogP contribution in [0.2, 0.25) is 0 Å². The fraction of sp³-hybridized carbons (Fsp3) is 0.227. The van der Waals surface area contributed by atoms with Crippen molar-refractivity contribution in [2.75, 3.05) is 5.75 Å². The Morgan fingerprint density at radius 2 is 2.10 bits per heavy atom. The van der Waals surface area contributed by atoms with Crippen LogP contribution in [0.15, 0.2) is 40.7 Å². The summed E-state index contributed by atoms with van der Waals surface area (Å²) in [7, 11) is 0. The molecule has 30 heavy (non-hydrogen) atoms. The van der Waals surface area contributed by atoms with Crippen LogP contribution in [0.3, 0.4) is 0 Å². The minimum Gasteiger partial charge on any atom is -0.297 e. The Hall–Kier alpha value is -3.20. The molecule has 1 aromatic carbocycles. The fourth-order valence-electron chi connectivity index (χ4n) is 3.35. The van der Waals surface area contributed by atoms with Crippen LogP contribution < -0.4 is 0 Å². The highest BCUT2D eigenvalue weighted by Crippen LogP contribution is 2.31. The number of pyridine rings is 1. The molecule has 4 rings (SSSR count). The first-order valence-electron chi connectivity index (χ1n) is 9.37. The SMILES string of the molecule is CCc1cc(SCC(=O)[C@H](C#N)c2nc(C)cs2)n2c(nc3ccccc32)c1C#N. The lowest BCUT2D eigenvalue weighted by molar-refractivity contribution is -0.116. The van der Waals surface area contributed by atoms with Gasteiger partial charge in [0.15, 0.2) is 17.3 Å². The molecule has 3 heterocycles. The lowest BCUT2D eigenvalue weighted by Gasteiger charge is -2.11. The predicted octanol–water partition coefficient (Wildman–Crippen LogP) is 4.66. The molecule has 0 radical (unpaired) electrons. The molecule has 1 atom stereocenters. The number of rotatable bonds is 6. The molecule has 0 saturated heterocycles. The third kappa shape index (κ3) is 3.45. The molecule has 0 unspecified atom stereocenters. The van der Waals surface area contributed by atoms with Gasteiger partial charge in [0.05, 0.1) is 33.4 Å². The smallest absolute Gasteiger partial charge is 0.167 e. The Labute approximate surface area is 181 Å². The molecule has 0 bridgehead atoms. The van der Waals surface area contributed by atoms with Gasteiger partial charge in [-0.05, 0) is 37.1 Å². The number of thiazole rings is 1. The number of aromatic nitrogens is 3. The number of carbonyl (C=O) groups excluding carboxylic acids is 1. The molecule has 8 heteroatoms. The number of ketones is 1. The predicted molar refractivity (Wildman–Crippen MR) is 118 cm³/mol. The van der Waals surface area contributed by atoms with Crippen molar-refractivity contribution in [3.63, 3.8) is 0 Å². The van der Waals surface area contributed by atoms with Crippen LogP contribution in [0.5, 0.6) is 0 Å². The molecular formula is C22H17N5OS2. The number of nitrogens with zero attached hydrogens (tertiary/aromatic N) is 5. The number of Topliss-reactive ketones (excluding diaryl/α,β-unsaturated/α-hetero) is 1. The maximum absolute atomic E-state index is 12.8. The van der Waals surface area contributed by atoms with Gasteiger partial charge in [-0.2, -0.15) is 10.5 Å². The molecule has 3 aromatic heterocycles. The number of imidazole rings is 1. The zero-order valence-electron chi connectivity index (χ0n) is 16.4. The quantitative estimate of drug-likeness (QED) is 0.412. The van der Waals surface area contributed by atoms with E-state index in [1.54, 1.807) is 0 Å². The number of hydrogen-bond acceptors (Lipinski definition) is 7. The van der Waals surface area contributed by atoms with Crippen molar-refractivity contribution in [1.82, 2.24) is 14.4 Å². The molecule has 0 aliphatic carbocycles. The summed E-state index contributed by atoms with van der Waals surface area (Å²) in [4.78, 5) is 21.8. The molecule has 0 saturated carbocycles. The van der Waals surface area contributed by atoms with E-state index in [1.807, 2.05) is 54.0 Å². The van der Waals surface area contributed by atoms with Gasteiger partial charge in [0, 0.05) is 11.1 Å². The third-order valence-corrected chi connectivity index (χ3v) is 6.87. The molecule has 0 N–H and O–H groups in total. The van der Waals surface area contributed by atoms with Crippen molar-refractivity contribution in [2.24, 2.45) is 0 Å². The molecule has 0 aliphatic rings. The first-order valence-corrected chi connectivity index (χ1v) is 11.2. The molecule has 0 fully saturated rings. The van der Waals surface area contributed by atoms with Gasteiger partial charge in [0.2, 0.25) is 0 Å². The van der Waals surface area contributed by atoms with Crippen molar-refractivity contribution in [3.05, 3.63) is 57.5 Å². The lowest BCUT2D eigenvalue weighted by atomic mass is 10.1. The van der Waals surface area contributed by atoms with E-state index in [0.29, 0.717) is 22.6 Å². The lowest BCUT2D eigenvalue weighted by Crippen LogP contribution is -2.13. The van der Waals surface area contributed by atoms with E-state index < -0.39 is 5.92 Å². The molecule has 0 spiro atoms. The number of para-hydroxylation sites is 2. The van der Waals surface area contributed by atoms with Crippen molar-refractivity contribution in [3.8, 4) is 12.1 Å². The monoisotopic (exact) mass is 431 g/mol. The summed E-state index contributed by atoms with van der Waals surface area (Å²) in [5.74, 6) is -0.917. The van der Waals surface area contributed by atoms with Gasteiger partial charge in [-0.15, -0.1) is 11.3 Å². The Bertz CT molecular complexity index is 1360. The second kappa shape index (κ2) is 8.27. The van der Waals surface area contributed by atoms with Crippen LogP contribution >= 0.6 is 23.1 Å². The van der Waals surface area contributed by atoms with Crippen molar-refractivity contribution in [2.45, 2.75) is 31.2 Å². The van der Waals surface area contributed by atoms with Crippen LogP contribution in [0, 0.1) is 29.6 Å². The van der Waals surface area contributed by atoms with Crippen LogP contribution in [0.25, 0.3) is 16.7 Å². The standard InChI is InChI=1S/C22H17N5OS2/c1-3-14-8-20(29-12-19(28)16(10-24)22-25-13(2)11-30-22)27-18-7-5-4-6-17(18)26-21(27)15(14)9-23/h4-8,11,16H,3,12H2,1-2H3/t16-/m0/s1. The summed E-state index contributed by atoms with van der Waals surface area (Å²) < 4.78 is 1.93. The third-order valence-electron chi connectivity index (χ3n) is 4.81. The van der Waals surface area contributed by atoms with Crippen LogP contribution in [0.1, 0.15) is 34.7 Å². The summed E-state index contributed by atoms with van der Waals surface area (Å²) in [5, 5.41) is 22.4. The van der Waals surface area contributed by atoms with Crippen LogP contribution in [-0.4, -0.2) is 25.9 Å². The fourth-order valence-corrected chi connectivity index (χ4v) is 5.21. The Morgan fingerprint density at radius 1 is 1.30 bits per heavy atom. The summed E-state index contributed by atoms with van der Waals surface area (Å²) in [6.45, 7) is 3.84. The molecule has 4 aromatic rings. The maximum atomic E-state index is 12.8. The topological polar surface area (TPSA) is 94.8 Å². The highest BCUT2D eigenvalue weighted by molar-refractivity contribution is 7.99. The zero-order valence-corrected chi connectivity index (χ0v) is 18.0. The number of fused-ring (bicyclic) bond motifs is 3. The summed E-state index contributed by atoms with van der Waals surface area (Å²) in [5.41, 5.74) is 4.53. The summed E-state index contributed by atoms with van der Waals surface area (Å²) in [6.07, 6.45) is 0.684. The van der Waals surface area contributed by atoms with Crippen LogP contribution in [0.4, 0.5) is 0 Å². The molecular weight excluding hydrogens is 414 g/mol. The maximum Gasteiger partial charge on any atom is 0.167 e. The Morgan fingerprint density at radius 3 is 2.77 bits per heavy atom. The second-order valence-electron chi connectivity index (χ2n) is 6.75.